The van der Waals surface area contributed by atoms with Crippen LogP contribution in [0.25, 0.3) is 11.1 Å². The molecule has 4 heteroatoms. The Morgan fingerprint density at radius 3 is 2.37 bits per heavy atom. The molecule has 3 rings (SSSR count). The Bertz CT molecular complexity index is 688. The Hall–Kier alpha value is -2.62. The molecule has 0 aromatic heterocycles. The Labute approximate surface area is 109 Å². The van der Waals surface area contributed by atoms with Crippen molar-refractivity contribution in [1.29, 1.82) is 0 Å². The first-order valence-electron chi connectivity index (χ1n) is 5.75. The lowest BCUT2D eigenvalue weighted by Crippen LogP contribution is -2.08. The summed E-state index contributed by atoms with van der Waals surface area (Å²) in [5.74, 6) is 0.281. The lowest BCUT2D eigenvalue weighted by atomic mass is 10.1. The molecule has 0 aliphatic heterocycles. The molecule has 2 aromatic carbocycles. The van der Waals surface area contributed by atoms with Crippen LogP contribution in [0.1, 0.15) is 15.9 Å². The first kappa shape index (κ1) is 11.5. The highest BCUT2D eigenvalue weighted by atomic mass is 16.7. The molecule has 0 spiro atoms. The molecule has 94 valence electrons. The van der Waals surface area contributed by atoms with Crippen LogP contribution in [0.15, 0.2) is 42.5 Å². The van der Waals surface area contributed by atoms with Crippen LogP contribution in [0.4, 0.5) is 4.79 Å². The normalized spacial score (nSPS) is 11.7. The van der Waals surface area contributed by atoms with Crippen molar-refractivity contribution < 1.29 is 19.1 Å². The second-order valence-corrected chi connectivity index (χ2v) is 4.11. The number of rotatable bonds is 1. The minimum Gasteiger partial charge on any atom is -0.437 e. The van der Waals surface area contributed by atoms with E-state index >= 15 is 0 Å². The van der Waals surface area contributed by atoms with Crippen molar-refractivity contribution in [3.05, 3.63) is 53.6 Å². The summed E-state index contributed by atoms with van der Waals surface area (Å²) in [4.78, 5) is 23.5. The predicted octanol–water partition coefficient (Wildman–Crippen LogP) is 3.04. The van der Waals surface area contributed by atoms with Gasteiger partial charge in [-0.1, -0.05) is 36.4 Å². The summed E-state index contributed by atoms with van der Waals surface area (Å²) in [6.07, 6.45) is -0.801. The van der Waals surface area contributed by atoms with Gasteiger partial charge in [0.25, 0.3) is 0 Å². The lowest BCUT2D eigenvalue weighted by molar-refractivity contribution is 0.104. The number of hydrogen-bond donors (Lipinski definition) is 0. The zero-order valence-corrected chi connectivity index (χ0v) is 10.2. The molecular weight excluding hydrogens is 244 g/mol. The van der Waals surface area contributed by atoms with Crippen molar-refractivity contribution in [3.63, 3.8) is 0 Å². The molecule has 0 radical (unpaired) electrons. The molecule has 0 heterocycles. The van der Waals surface area contributed by atoms with E-state index in [1.165, 1.54) is 7.11 Å². The average molecular weight is 254 g/mol. The summed E-state index contributed by atoms with van der Waals surface area (Å²) >= 11 is 0. The maximum Gasteiger partial charge on any atom is 0.513 e. The van der Waals surface area contributed by atoms with Crippen LogP contribution >= 0.6 is 0 Å². The van der Waals surface area contributed by atoms with Crippen LogP contribution < -0.4 is 4.74 Å². The van der Waals surface area contributed by atoms with Crippen LogP contribution in [-0.4, -0.2) is 19.0 Å². The van der Waals surface area contributed by atoms with Crippen molar-refractivity contribution in [2.75, 3.05) is 7.11 Å². The van der Waals surface area contributed by atoms with Gasteiger partial charge in [-0.25, -0.2) is 4.79 Å². The van der Waals surface area contributed by atoms with Crippen LogP contribution in [-0.2, 0) is 4.74 Å². The Balaban J connectivity index is 2.19. The van der Waals surface area contributed by atoms with Gasteiger partial charge in [-0.3, -0.25) is 4.79 Å². The van der Waals surface area contributed by atoms with Crippen molar-refractivity contribution in [1.82, 2.24) is 0 Å². The molecule has 0 atom stereocenters. The fourth-order valence-corrected chi connectivity index (χ4v) is 2.26. The highest BCUT2D eigenvalue weighted by molar-refractivity contribution is 6.22. The third kappa shape index (κ3) is 1.69. The first-order valence-corrected chi connectivity index (χ1v) is 5.75. The molecule has 0 saturated carbocycles. The van der Waals surface area contributed by atoms with E-state index < -0.39 is 6.16 Å². The van der Waals surface area contributed by atoms with Crippen LogP contribution in [0.2, 0.25) is 0 Å². The Kier molecular flexibility index (Phi) is 2.56. The third-order valence-electron chi connectivity index (χ3n) is 3.07. The number of ether oxygens (including phenoxy) is 2. The zero-order chi connectivity index (χ0) is 13.4. The van der Waals surface area contributed by atoms with Crippen LogP contribution in [0.5, 0.6) is 5.75 Å². The monoisotopic (exact) mass is 254 g/mol. The van der Waals surface area contributed by atoms with Gasteiger partial charge in [0.2, 0.25) is 0 Å². The van der Waals surface area contributed by atoms with Crippen LogP contribution in [0.3, 0.4) is 0 Å². The maximum atomic E-state index is 12.2. The Morgan fingerprint density at radius 1 is 0.947 bits per heavy atom. The number of ketones is 1. The SMILES string of the molecule is COC(=O)Oc1cccc2c1-c1ccccc1C2=O. The molecule has 0 saturated heterocycles. The predicted molar refractivity (Wildman–Crippen MR) is 68.3 cm³/mol. The molecule has 0 N–H and O–H groups in total. The van der Waals surface area contributed by atoms with Gasteiger partial charge in [0.05, 0.1) is 7.11 Å². The number of methoxy groups -OCH3 is 1. The fourth-order valence-electron chi connectivity index (χ4n) is 2.26. The standard InChI is InChI=1S/C15H10O4/c1-18-15(17)19-12-8-4-7-11-13(12)9-5-2-3-6-10(9)14(11)16/h2-8H,1H3. The second-order valence-electron chi connectivity index (χ2n) is 4.11. The summed E-state index contributed by atoms with van der Waals surface area (Å²) < 4.78 is 9.58. The van der Waals surface area contributed by atoms with E-state index in [-0.39, 0.29) is 5.78 Å². The highest BCUT2D eigenvalue weighted by Crippen LogP contribution is 2.42. The van der Waals surface area contributed by atoms with E-state index in [1.54, 1.807) is 24.3 Å². The molecule has 0 unspecified atom stereocenters. The summed E-state index contributed by atoms with van der Waals surface area (Å²) in [6.45, 7) is 0. The summed E-state index contributed by atoms with van der Waals surface area (Å²) in [5.41, 5.74) is 2.59. The maximum absolute atomic E-state index is 12.2. The minimum absolute atomic E-state index is 0.0547. The number of carbonyl (C=O) groups is 2. The van der Waals surface area contributed by atoms with Gasteiger partial charge >= 0.3 is 6.16 Å². The van der Waals surface area contributed by atoms with E-state index in [0.29, 0.717) is 22.4 Å². The zero-order valence-electron chi connectivity index (χ0n) is 10.2. The minimum atomic E-state index is -0.801. The smallest absolute Gasteiger partial charge is 0.437 e. The van der Waals surface area contributed by atoms with Gasteiger partial charge in [-0.05, 0) is 11.6 Å². The molecule has 0 amide bonds. The number of hydrogen-bond acceptors (Lipinski definition) is 4. The Morgan fingerprint density at radius 2 is 1.63 bits per heavy atom. The quantitative estimate of drug-likeness (QED) is 0.494. The molecular formula is C15H10O4. The van der Waals surface area contributed by atoms with Crippen molar-refractivity contribution in [2.45, 2.75) is 0 Å². The number of fused-ring (bicyclic) bond motifs is 3. The first-order chi connectivity index (χ1) is 9.22. The van der Waals surface area contributed by atoms with E-state index in [0.717, 1.165) is 5.56 Å². The van der Waals surface area contributed by atoms with E-state index in [9.17, 15) is 9.59 Å². The van der Waals surface area contributed by atoms with E-state index in [2.05, 4.69) is 4.74 Å². The molecule has 0 fully saturated rings. The summed E-state index contributed by atoms with van der Waals surface area (Å²) in [6, 6.07) is 12.3. The molecule has 1 aliphatic rings. The highest BCUT2D eigenvalue weighted by Gasteiger charge is 2.29. The second kappa shape index (κ2) is 4.24. The molecule has 0 bridgehead atoms. The third-order valence-corrected chi connectivity index (χ3v) is 3.07. The van der Waals surface area contributed by atoms with Gasteiger partial charge in [-0.2, -0.15) is 0 Å². The average Bonchev–Trinajstić information content (AvgIpc) is 2.74. The number of carbonyl (C=O) groups excluding carboxylic acids is 2. The van der Waals surface area contributed by atoms with Crippen molar-refractivity contribution >= 4 is 11.9 Å². The van der Waals surface area contributed by atoms with E-state index in [4.69, 9.17) is 4.74 Å². The van der Waals surface area contributed by atoms with Crippen LogP contribution in [0, 0.1) is 0 Å². The largest absolute Gasteiger partial charge is 0.513 e. The fraction of sp³-hybridized carbons (Fsp3) is 0.0667. The molecule has 4 nitrogen and oxygen atoms in total. The molecule has 1 aliphatic carbocycles. The lowest BCUT2D eigenvalue weighted by Gasteiger charge is -2.08. The summed E-state index contributed by atoms with van der Waals surface area (Å²) in [5, 5.41) is 0. The molecule has 19 heavy (non-hydrogen) atoms. The van der Waals surface area contributed by atoms with Gasteiger partial charge in [-0.15, -0.1) is 0 Å². The number of benzene rings is 2. The van der Waals surface area contributed by atoms with Gasteiger partial charge < -0.3 is 9.47 Å². The van der Waals surface area contributed by atoms with Gasteiger partial charge in [0.15, 0.2) is 5.78 Å². The van der Waals surface area contributed by atoms with Gasteiger partial charge in [0, 0.05) is 16.7 Å². The van der Waals surface area contributed by atoms with E-state index in [1.807, 2.05) is 18.2 Å². The van der Waals surface area contributed by atoms with Crippen molar-refractivity contribution in [3.8, 4) is 16.9 Å². The molecule has 2 aromatic rings. The summed E-state index contributed by atoms with van der Waals surface area (Å²) in [7, 11) is 1.24. The topological polar surface area (TPSA) is 52.6 Å². The van der Waals surface area contributed by atoms with Crippen molar-refractivity contribution in [2.24, 2.45) is 0 Å². The van der Waals surface area contributed by atoms with Gasteiger partial charge in [0.1, 0.15) is 5.75 Å².